The number of aliphatic hydroxyl groups is 3. The van der Waals surface area contributed by atoms with Crippen LogP contribution < -0.4 is 0 Å². The summed E-state index contributed by atoms with van der Waals surface area (Å²) in [5.41, 5.74) is 1.02. The topological polar surface area (TPSA) is 91.4 Å². The van der Waals surface area contributed by atoms with Crippen LogP contribution in [0.15, 0.2) is 36.5 Å². The zero-order chi connectivity index (χ0) is 12.3. The van der Waals surface area contributed by atoms with Crippen molar-refractivity contribution in [3.05, 3.63) is 42.2 Å². The highest BCUT2D eigenvalue weighted by Gasteiger charge is 2.20. The second-order valence-electron chi connectivity index (χ2n) is 3.62. The first-order chi connectivity index (χ1) is 8.22. The van der Waals surface area contributed by atoms with Crippen molar-refractivity contribution >= 4 is 0 Å². The fourth-order valence-corrected chi connectivity index (χ4v) is 1.42. The van der Waals surface area contributed by atoms with Crippen LogP contribution in [0.1, 0.15) is 11.8 Å². The van der Waals surface area contributed by atoms with Gasteiger partial charge in [0.25, 0.3) is 0 Å². The second-order valence-corrected chi connectivity index (χ2v) is 3.62. The molecule has 0 spiro atoms. The lowest BCUT2D eigenvalue weighted by atomic mass is 10.1. The van der Waals surface area contributed by atoms with Crippen molar-refractivity contribution in [2.24, 2.45) is 0 Å². The van der Waals surface area contributed by atoms with Crippen molar-refractivity contribution in [2.75, 3.05) is 6.61 Å². The smallest absolute Gasteiger partial charge is 0.127 e. The fourth-order valence-electron chi connectivity index (χ4n) is 1.42. The zero-order valence-corrected chi connectivity index (χ0v) is 9.01. The van der Waals surface area contributed by atoms with Crippen LogP contribution in [0.2, 0.25) is 0 Å². The van der Waals surface area contributed by atoms with Gasteiger partial charge >= 0.3 is 0 Å². The van der Waals surface area contributed by atoms with E-state index in [4.69, 9.17) is 5.11 Å². The number of hydrogen-bond donors (Lipinski definition) is 3. The van der Waals surface area contributed by atoms with Crippen molar-refractivity contribution in [2.45, 2.75) is 12.2 Å². The summed E-state index contributed by atoms with van der Waals surface area (Å²) in [6.07, 6.45) is -0.979. The van der Waals surface area contributed by atoms with Gasteiger partial charge in [-0.3, -0.25) is 0 Å². The van der Waals surface area contributed by atoms with Gasteiger partial charge in [-0.15, -0.1) is 5.10 Å². The maximum absolute atomic E-state index is 9.62. The van der Waals surface area contributed by atoms with Gasteiger partial charge in [-0.2, -0.15) is 0 Å². The van der Waals surface area contributed by atoms with Gasteiger partial charge in [-0.05, 0) is 12.1 Å². The molecule has 2 atom stereocenters. The first kappa shape index (κ1) is 11.7. The maximum atomic E-state index is 9.62. The highest BCUT2D eigenvalue weighted by molar-refractivity contribution is 5.30. The lowest BCUT2D eigenvalue weighted by Crippen LogP contribution is -2.22. The highest BCUT2D eigenvalue weighted by atomic mass is 16.4. The number of aromatic nitrogens is 3. The molecule has 0 aliphatic carbocycles. The predicted octanol–water partition coefficient (Wildman–Crippen LogP) is -0.346. The van der Waals surface area contributed by atoms with E-state index in [-0.39, 0.29) is 5.69 Å². The van der Waals surface area contributed by atoms with E-state index < -0.39 is 18.8 Å². The Labute approximate surface area is 97.8 Å². The van der Waals surface area contributed by atoms with Gasteiger partial charge in [0.1, 0.15) is 17.9 Å². The molecule has 6 heteroatoms. The van der Waals surface area contributed by atoms with Crippen LogP contribution in [0.25, 0.3) is 5.69 Å². The molecule has 1 aromatic carbocycles. The van der Waals surface area contributed by atoms with Gasteiger partial charge in [0, 0.05) is 0 Å². The summed E-state index contributed by atoms with van der Waals surface area (Å²) in [5, 5.41) is 35.2. The minimum Gasteiger partial charge on any atom is -0.394 e. The Morgan fingerprint density at radius 1 is 1.18 bits per heavy atom. The fraction of sp³-hybridized carbons (Fsp3) is 0.273. The van der Waals surface area contributed by atoms with Crippen molar-refractivity contribution in [3.63, 3.8) is 0 Å². The molecule has 6 nitrogen and oxygen atoms in total. The summed E-state index contributed by atoms with van der Waals surface area (Å²) in [6.45, 7) is -0.528. The van der Waals surface area contributed by atoms with E-state index >= 15 is 0 Å². The minimum absolute atomic E-state index is 0.218. The third kappa shape index (κ3) is 2.50. The molecular formula is C11H13N3O3. The summed E-state index contributed by atoms with van der Waals surface area (Å²) >= 11 is 0. The van der Waals surface area contributed by atoms with E-state index in [2.05, 4.69) is 10.3 Å². The first-order valence-electron chi connectivity index (χ1n) is 5.17. The Morgan fingerprint density at radius 2 is 1.88 bits per heavy atom. The molecule has 3 N–H and O–H groups in total. The molecule has 0 amide bonds. The number of hydrogen-bond acceptors (Lipinski definition) is 5. The SMILES string of the molecule is OCC(O)C(O)c1cn(-c2ccccc2)nn1. The number of aliphatic hydroxyl groups excluding tert-OH is 3. The third-order valence-electron chi connectivity index (χ3n) is 2.39. The number of benzene rings is 1. The van der Waals surface area contributed by atoms with Crippen LogP contribution in [-0.4, -0.2) is 43.0 Å². The van der Waals surface area contributed by atoms with Crippen molar-refractivity contribution < 1.29 is 15.3 Å². The van der Waals surface area contributed by atoms with Crippen LogP contribution in [0.4, 0.5) is 0 Å². The summed E-state index contributed by atoms with van der Waals surface area (Å²) in [6, 6.07) is 9.28. The standard InChI is InChI=1S/C11H13N3O3/c15-7-10(16)11(17)9-6-14(13-12-9)8-4-2-1-3-5-8/h1-6,10-11,15-17H,7H2. The Bertz CT molecular complexity index is 472. The lowest BCUT2D eigenvalue weighted by molar-refractivity contribution is -0.0173. The van der Waals surface area contributed by atoms with E-state index in [1.165, 1.54) is 10.9 Å². The molecule has 2 rings (SSSR count). The summed E-state index contributed by atoms with van der Waals surface area (Å²) in [7, 11) is 0. The monoisotopic (exact) mass is 235 g/mol. The normalized spacial score (nSPS) is 14.5. The number of nitrogens with zero attached hydrogens (tertiary/aromatic N) is 3. The molecule has 90 valence electrons. The largest absolute Gasteiger partial charge is 0.394 e. The summed E-state index contributed by atoms with van der Waals surface area (Å²) in [5.74, 6) is 0. The highest BCUT2D eigenvalue weighted by Crippen LogP contribution is 2.15. The first-order valence-corrected chi connectivity index (χ1v) is 5.17. The van der Waals surface area contributed by atoms with Gasteiger partial charge in [0.05, 0.1) is 18.5 Å². The Morgan fingerprint density at radius 3 is 2.53 bits per heavy atom. The van der Waals surface area contributed by atoms with Crippen LogP contribution >= 0.6 is 0 Å². The molecule has 0 saturated heterocycles. The molecule has 0 saturated carbocycles. The maximum Gasteiger partial charge on any atom is 0.127 e. The van der Waals surface area contributed by atoms with Crippen LogP contribution in [0.5, 0.6) is 0 Å². The van der Waals surface area contributed by atoms with Gasteiger partial charge < -0.3 is 15.3 Å². The molecule has 1 aromatic heterocycles. The number of rotatable bonds is 4. The molecule has 0 fully saturated rings. The Balaban J connectivity index is 2.22. The van der Waals surface area contributed by atoms with Crippen molar-refractivity contribution in [1.29, 1.82) is 0 Å². The van der Waals surface area contributed by atoms with E-state index in [1.54, 1.807) is 0 Å². The molecule has 2 unspecified atom stereocenters. The molecule has 1 heterocycles. The average molecular weight is 235 g/mol. The molecule has 0 radical (unpaired) electrons. The van der Waals surface area contributed by atoms with Crippen LogP contribution in [-0.2, 0) is 0 Å². The molecule has 2 aromatic rings. The quantitative estimate of drug-likeness (QED) is 0.674. The lowest BCUT2D eigenvalue weighted by Gasteiger charge is -2.11. The molecular weight excluding hydrogens is 222 g/mol. The van der Waals surface area contributed by atoms with Gasteiger partial charge in [0.2, 0.25) is 0 Å². The van der Waals surface area contributed by atoms with E-state index in [9.17, 15) is 10.2 Å². The van der Waals surface area contributed by atoms with E-state index in [1.807, 2.05) is 30.3 Å². The summed E-state index contributed by atoms with van der Waals surface area (Å²) < 4.78 is 1.49. The summed E-state index contributed by atoms with van der Waals surface area (Å²) in [4.78, 5) is 0. The third-order valence-corrected chi connectivity index (χ3v) is 2.39. The minimum atomic E-state index is -1.25. The predicted molar refractivity (Wildman–Crippen MR) is 59.4 cm³/mol. The molecule has 0 aliphatic rings. The van der Waals surface area contributed by atoms with Gasteiger partial charge in [0.15, 0.2) is 0 Å². The Hall–Kier alpha value is -1.76. The molecule has 0 bridgehead atoms. The van der Waals surface area contributed by atoms with Gasteiger partial charge in [-0.1, -0.05) is 23.4 Å². The Kier molecular flexibility index (Phi) is 3.48. The van der Waals surface area contributed by atoms with E-state index in [0.717, 1.165) is 5.69 Å². The van der Waals surface area contributed by atoms with Crippen LogP contribution in [0, 0.1) is 0 Å². The molecule has 17 heavy (non-hydrogen) atoms. The second kappa shape index (κ2) is 5.05. The number of para-hydroxylation sites is 1. The zero-order valence-electron chi connectivity index (χ0n) is 9.01. The van der Waals surface area contributed by atoms with Crippen molar-refractivity contribution in [1.82, 2.24) is 15.0 Å². The van der Waals surface area contributed by atoms with Crippen molar-refractivity contribution in [3.8, 4) is 5.69 Å². The van der Waals surface area contributed by atoms with E-state index in [0.29, 0.717) is 0 Å². The van der Waals surface area contributed by atoms with Crippen LogP contribution in [0.3, 0.4) is 0 Å². The molecule has 0 aliphatic heterocycles. The average Bonchev–Trinajstić information content (AvgIpc) is 2.87. The van der Waals surface area contributed by atoms with Gasteiger partial charge in [-0.25, -0.2) is 4.68 Å².